The average Bonchev–Trinajstić information content (AvgIpc) is 2.52. The molecule has 3 nitrogen and oxygen atoms in total. The summed E-state index contributed by atoms with van der Waals surface area (Å²) < 4.78 is 2.23. The van der Waals surface area contributed by atoms with Crippen molar-refractivity contribution in [2.75, 3.05) is 6.54 Å². The molecule has 0 amide bonds. The van der Waals surface area contributed by atoms with E-state index in [1.165, 1.54) is 0 Å². The van der Waals surface area contributed by atoms with E-state index >= 15 is 0 Å². The third-order valence-corrected chi connectivity index (χ3v) is 2.24. The van der Waals surface area contributed by atoms with Gasteiger partial charge in [0.05, 0.1) is 0 Å². The Morgan fingerprint density at radius 1 is 1.36 bits per heavy atom. The third kappa shape index (κ3) is 2.84. The van der Waals surface area contributed by atoms with E-state index in [1.54, 1.807) is 0 Å². The second-order valence-electron chi connectivity index (χ2n) is 4.69. The second kappa shape index (κ2) is 4.60. The molecule has 14 heavy (non-hydrogen) atoms. The van der Waals surface area contributed by atoms with E-state index in [0.29, 0.717) is 0 Å². The van der Waals surface area contributed by atoms with Crippen LogP contribution in [0.5, 0.6) is 0 Å². The average molecular weight is 195 g/mol. The van der Waals surface area contributed by atoms with Gasteiger partial charge in [-0.1, -0.05) is 20.8 Å². The van der Waals surface area contributed by atoms with Gasteiger partial charge in [-0.3, -0.25) is 0 Å². The van der Waals surface area contributed by atoms with Gasteiger partial charge in [0.2, 0.25) is 0 Å². The summed E-state index contributed by atoms with van der Waals surface area (Å²) in [5, 5.41) is 0. The molecule has 1 rings (SSSR count). The maximum absolute atomic E-state index is 5.47. The number of nitrogens with two attached hydrogens (primary N) is 1. The predicted octanol–water partition coefficient (Wildman–Crippen LogP) is 1.92. The fourth-order valence-corrected chi connectivity index (χ4v) is 1.56. The van der Waals surface area contributed by atoms with Gasteiger partial charge in [0.25, 0.3) is 0 Å². The van der Waals surface area contributed by atoms with Gasteiger partial charge in [0, 0.05) is 24.4 Å². The van der Waals surface area contributed by atoms with E-state index in [2.05, 4.69) is 36.5 Å². The number of hydrogen-bond donors (Lipinski definition) is 1. The van der Waals surface area contributed by atoms with Crippen LogP contribution in [0.1, 0.15) is 39.4 Å². The molecule has 0 saturated carbocycles. The molecule has 0 spiro atoms. The molecule has 0 aliphatic heterocycles. The maximum atomic E-state index is 5.47. The summed E-state index contributed by atoms with van der Waals surface area (Å²) in [6, 6.07) is 0. The molecule has 0 aromatic carbocycles. The van der Waals surface area contributed by atoms with Crippen LogP contribution in [0.3, 0.4) is 0 Å². The first-order valence-electron chi connectivity index (χ1n) is 5.27. The van der Waals surface area contributed by atoms with E-state index in [1.807, 2.05) is 6.20 Å². The molecule has 0 aliphatic carbocycles. The third-order valence-electron chi connectivity index (χ3n) is 2.24. The molecule has 0 fully saturated rings. The summed E-state index contributed by atoms with van der Waals surface area (Å²) >= 11 is 0. The molecule has 1 aromatic heterocycles. The zero-order valence-electron chi connectivity index (χ0n) is 9.45. The van der Waals surface area contributed by atoms with E-state index in [9.17, 15) is 0 Å². The molecule has 3 heteroatoms. The first kappa shape index (κ1) is 11.2. The van der Waals surface area contributed by atoms with Crippen LogP contribution in [0.15, 0.2) is 12.4 Å². The summed E-state index contributed by atoms with van der Waals surface area (Å²) in [5.74, 6) is 1.16. The fraction of sp³-hybridized carbons (Fsp3) is 0.727. The molecule has 0 unspecified atom stereocenters. The molecule has 0 atom stereocenters. The Bertz CT molecular complexity index is 270. The van der Waals surface area contributed by atoms with Crippen LogP contribution in [-0.4, -0.2) is 16.1 Å². The minimum atomic E-state index is 0.131. The van der Waals surface area contributed by atoms with Crippen LogP contribution < -0.4 is 5.73 Å². The Labute approximate surface area is 86.3 Å². The molecular weight excluding hydrogens is 174 g/mol. The number of rotatable bonds is 4. The monoisotopic (exact) mass is 195 g/mol. The highest BCUT2D eigenvalue weighted by Crippen LogP contribution is 2.20. The van der Waals surface area contributed by atoms with Gasteiger partial charge in [-0.25, -0.2) is 4.98 Å². The minimum Gasteiger partial charge on any atom is -0.335 e. The van der Waals surface area contributed by atoms with Gasteiger partial charge in [0.15, 0.2) is 0 Å². The van der Waals surface area contributed by atoms with Gasteiger partial charge < -0.3 is 10.3 Å². The van der Waals surface area contributed by atoms with Crippen LogP contribution in [0.2, 0.25) is 0 Å². The van der Waals surface area contributed by atoms with Gasteiger partial charge in [-0.15, -0.1) is 0 Å². The van der Waals surface area contributed by atoms with Crippen LogP contribution in [0.25, 0.3) is 0 Å². The van der Waals surface area contributed by atoms with Crippen molar-refractivity contribution in [3.8, 4) is 0 Å². The summed E-state index contributed by atoms with van der Waals surface area (Å²) in [6.07, 6.45) is 6.15. The number of aromatic nitrogens is 2. The zero-order valence-corrected chi connectivity index (χ0v) is 9.45. The van der Waals surface area contributed by atoms with Crippen molar-refractivity contribution in [1.82, 2.24) is 9.55 Å². The first-order chi connectivity index (χ1) is 6.55. The lowest BCUT2D eigenvalue weighted by Gasteiger charge is -2.19. The maximum Gasteiger partial charge on any atom is 0.114 e. The van der Waals surface area contributed by atoms with Gasteiger partial charge in [0.1, 0.15) is 5.82 Å². The number of imidazole rings is 1. The van der Waals surface area contributed by atoms with E-state index in [0.717, 1.165) is 31.8 Å². The molecule has 0 bridgehead atoms. The van der Waals surface area contributed by atoms with Crippen molar-refractivity contribution >= 4 is 0 Å². The SMILES string of the molecule is CC(C)(C)c1nccn1CCCCN. The van der Waals surface area contributed by atoms with Gasteiger partial charge >= 0.3 is 0 Å². The van der Waals surface area contributed by atoms with Crippen molar-refractivity contribution in [1.29, 1.82) is 0 Å². The lowest BCUT2D eigenvalue weighted by Crippen LogP contribution is -2.19. The normalized spacial score (nSPS) is 12.0. The summed E-state index contributed by atoms with van der Waals surface area (Å²) in [6.45, 7) is 8.38. The Kier molecular flexibility index (Phi) is 3.69. The largest absolute Gasteiger partial charge is 0.335 e. The Morgan fingerprint density at radius 2 is 2.07 bits per heavy atom. The highest BCUT2D eigenvalue weighted by molar-refractivity contribution is 5.04. The minimum absolute atomic E-state index is 0.131. The fourth-order valence-electron chi connectivity index (χ4n) is 1.56. The number of aryl methyl sites for hydroxylation is 1. The van der Waals surface area contributed by atoms with Crippen molar-refractivity contribution < 1.29 is 0 Å². The van der Waals surface area contributed by atoms with Crippen molar-refractivity contribution in [3.05, 3.63) is 18.2 Å². The quantitative estimate of drug-likeness (QED) is 0.746. The van der Waals surface area contributed by atoms with E-state index in [4.69, 9.17) is 5.73 Å². The summed E-state index contributed by atoms with van der Waals surface area (Å²) in [5.41, 5.74) is 5.60. The Balaban J connectivity index is 2.63. The van der Waals surface area contributed by atoms with Crippen molar-refractivity contribution in [2.45, 2.75) is 45.6 Å². The first-order valence-corrected chi connectivity index (χ1v) is 5.27. The van der Waals surface area contributed by atoms with Crippen LogP contribution in [-0.2, 0) is 12.0 Å². The number of unbranched alkanes of at least 4 members (excludes halogenated alkanes) is 1. The highest BCUT2D eigenvalue weighted by Gasteiger charge is 2.18. The number of nitrogens with zero attached hydrogens (tertiary/aromatic N) is 2. The molecule has 1 heterocycles. The van der Waals surface area contributed by atoms with Gasteiger partial charge in [-0.2, -0.15) is 0 Å². The Hall–Kier alpha value is -0.830. The van der Waals surface area contributed by atoms with Crippen LogP contribution in [0, 0.1) is 0 Å². The summed E-state index contributed by atoms with van der Waals surface area (Å²) in [4.78, 5) is 4.40. The molecule has 80 valence electrons. The second-order valence-corrected chi connectivity index (χ2v) is 4.69. The molecule has 0 saturated heterocycles. The molecular formula is C11H21N3. The number of hydrogen-bond acceptors (Lipinski definition) is 2. The Morgan fingerprint density at radius 3 is 2.64 bits per heavy atom. The molecule has 0 aliphatic rings. The van der Waals surface area contributed by atoms with Crippen molar-refractivity contribution in [3.63, 3.8) is 0 Å². The standard InChI is InChI=1S/C11H21N3/c1-11(2,3)10-13-7-9-14(10)8-5-4-6-12/h7,9H,4-6,8,12H2,1-3H3. The topological polar surface area (TPSA) is 43.8 Å². The van der Waals surface area contributed by atoms with Gasteiger partial charge in [-0.05, 0) is 19.4 Å². The molecule has 2 N–H and O–H groups in total. The lowest BCUT2D eigenvalue weighted by molar-refractivity contribution is 0.486. The van der Waals surface area contributed by atoms with E-state index < -0.39 is 0 Å². The van der Waals surface area contributed by atoms with Crippen LogP contribution in [0.4, 0.5) is 0 Å². The summed E-state index contributed by atoms with van der Waals surface area (Å²) in [7, 11) is 0. The van der Waals surface area contributed by atoms with Crippen LogP contribution >= 0.6 is 0 Å². The van der Waals surface area contributed by atoms with Crippen molar-refractivity contribution in [2.24, 2.45) is 5.73 Å². The smallest absolute Gasteiger partial charge is 0.114 e. The van der Waals surface area contributed by atoms with E-state index in [-0.39, 0.29) is 5.41 Å². The lowest BCUT2D eigenvalue weighted by atomic mass is 9.95. The predicted molar refractivity (Wildman–Crippen MR) is 59.2 cm³/mol. The highest BCUT2D eigenvalue weighted by atomic mass is 15.1. The zero-order chi connectivity index (χ0) is 10.6. The molecule has 0 radical (unpaired) electrons. The molecule has 1 aromatic rings.